The van der Waals surface area contributed by atoms with Gasteiger partial charge in [0, 0.05) is 0 Å². The molecule has 0 amide bonds. The number of aryl methyl sites for hydroxylation is 2. The largest absolute Gasteiger partial charge is 0.490 e. The minimum absolute atomic E-state index is 0.256. The van der Waals surface area contributed by atoms with Crippen molar-refractivity contribution in [3.8, 4) is 11.5 Å². The van der Waals surface area contributed by atoms with Gasteiger partial charge in [0.1, 0.15) is 19.0 Å². The Morgan fingerprint density at radius 1 is 1.04 bits per heavy atom. The molecule has 0 saturated heterocycles. The Bertz CT molecular complexity index is 706. The maximum Gasteiger partial charge on any atom is 0.335 e. The fourth-order valence-electron chi connectivity index (χ4n) is 2.09. The second-order valence-corrected chi connectivity index (χ2v) is 5.85. The Kier molecular flexibility index (Phi) is 5.74. The number of carboxylic acids is 1. The fourth-order valence-corrected chi connectivity index (χ4v) is 2.80. The summed E-state index contributed by atoms with van der Waals surface area (Å²) in [5, 5.41) is 9.89. The van der Waals surface area contributed by atoms with E-state index in [1.165, 1.54) is 6.07 Å². The predicted octanol–water partition coefficient (Wildman–Crippen LogP) is 4.77. The topological polar surface area (TPSA) is 55.8 Å². The Balaban J connectivity index is 1.91. The van der Waals surface area contributed by atoms with E-state index >= 15 is 0 Å². The van der Waals surface area contributed by atoms with E-state index in [0.717, 1.165) is 5.56 Å². The van der Waals surface area contributed by atoms with Gasteiger partial charge in [-0.1, -0.05) is 23.2 Å². The number of carbonyl (C=O) groups is 1. The molecule has 0 saturated carbocycles. The second kappa shape index (κ2) is 7.57. The molecule has 0 aliphatic heterocycles. The number of carboxylic acid groups (broad SMARTS) is 1. The van der Waals surface area contributed by atoms with Crippen LogP contribution in [-0.2, 0) is 0 Å². The zero-order valence-corrected chi connectivity index (χ0v) is 14.2. The van der Waals surface area contributed by atoms with Crippen molar-refractivity contribution in [1.82, 2.24) is 0 Å². The first-order valence-corrected chi connectivity index (χ1v) is 7.69. The molecule has 2 rings (SSSR count). The molecule has 1 N–H and O–H groups in total. The van der Waals surface area contributed by atoms with Crippen molar-refractivity contribution in [3.63, 3.8) is 0 Å². The van der Waals surface area contributed by atoms with Crippen molar-refractivity contribution in [2.45, 2.75) is 13.8 Å². The monoisotopic (exact) mass is 354 g/mol. The molecule has 0 aliphatic rings. The Labute approximate surface area is 144 Å². The molecule has 0 bridgehead atoms. The summed E-state index contributed by atoms with van der Waals surface area (Å²) in [4.78, 5) is 11.0. The summed E-state index contributed by atoms with van der Waals surface area (Å²) < 4.78 is 11.1. The average molecular weight is 355 g/mol. The maximum atomic E-state index is 11.0. The van der Waals surface area contributed by atoms with Gasteiger partial charge in [0.05, 0.1) is 15.6 Å². The van der Waals surface area contributed by atoms with Crippen LogP contribution in [-0.4, -0.2) is 24.3 Å². The second-order valence-electron chi connectivity index (χ2n) is 5.04. The highest BCUT2D eigenvalue weighted by Gasteiger charge is 2.09. The van der Waals surface area contributed by atoms with E-state index in [4.69, 9.17) is 37.8 Å². The minimum Gasteiger partial charge on any atom is -0.490 e. The van der Waals surface area contributed by atoms with E-state index in [9.17, 15) is 4.79 Å². The number of benzene rings is 2. The molecule has 23 heavy (non-hydrogen) atoms. The summed E-state index contributed by atoms with van der Waals surface area (Å²) in [5.74, 6) is 0.0539. The first kappa shape index (κ1) is 17.4. The molecule has 0 unspecified atom stereocenters. The first-order valence-electron chi connectivity index (χ1n) is 6.93. The van der Waals surface area contributed by atoms with Crippen molar-refractivity contribution in [2.75, 3.05) is 13.2 Å². The molecule has 0 aromatic heterocycles. The summed E-state index contributed by atoms with van der Waals surface area (Å²) >= 11 is 12.2. The van der Waals surface area contributed by atoms with E-state index in [2.05, 4.69) is 0 Å². The molecule has 122 valence electrons. The van der Waals surface area contributed by atoms with Gasteiger partial charge in [0.25, 0.3) is 0 Å². The molecular weight excluding hydrogens is 339 g/mol. The summed E-state index contributed by atoms with van der Waals surface area (Å²) in [7, 11) is 0. The van der Waals surface area contributed by atoms with Crippen LogP contribution in [0.5, 0.6) is 11.5 Å². The lowest BCUT2D eigenvalue weighted by molar-refractivity contribution is 0.0696. The first-order chi connectivity index (χ1) is 10.9. The molecule has 0 radical (unpaired) electrons. The zero-order valence-electron chi connectivity index (χ0n) is 12.7. The lowest BCUT2D eigenvalue weighted by atomic mass is 10.1. The average Bonchev–Trinajstić information content (AvgIpc) is 2.45. The molecule has 0 fully saturated rings. The number of hydrogen-bond donors (Lipinski definition) is 1. The van der Waals surface area contributed by atoms with Crippen molar-refractivity contribution >= 4 is 29.2 Å². The molecule has 2 aromatic rings. The highest BCUT2D eigenvalue weighted by molar-refractivity contribution is 6.37. The summed E-state index contributed by atoms with van der Waals surface area (Å²) in [6.45, 7) is 4.17. The van der Waals surface area contributed by atoms with Gasteiger partial charge >= 0.3 is 5.97 Å². The zero-order chi connectivity index (χ0) is 17.0. The van der Waals surface area contributed by atoms with E-state index in [-0.39, 0.29) is 18.8 Å². The Hall–Kier alpha value is -1.91. The van der Waals surface area contributed by atoms with E-state index in [1.54, 1.807) is 31.2 Å². The quantitative estimate of drug-likeness (QED) is 0.759. The molecule has 0 spiro atoms. The van der Waals surface area contributed by atoms with Crippen LogP contribution in [0.4, 0.5) is 0 Å². The number of ether oxygens (including phenoxy) is 2. The van der Waals surface area contributed by atoms with Gasteiger partial charge < -0.3 is 14.6 Å². The van der Waals surface area contributed by atoms with Gasteiger partial charge in [0.2, 0.25) is 0 Å². The predicted molar refractivity (Wildman–Crippen MR) is 90.3 cm³/mol. The smallest absolute Gasteiger partial charge is 0.335 e. The fraction of sp³-hybridized carbons (Fsp3) is 0.235. The molecule has 6 heteroatoms. The third-order valence-corrected chi connectivity index (χ3v) is 3.73. The van der Waals surface area contributed by atoms with Gasteiger partial charge in [-0.15, -0.1) is 0 Å². The van der Waals surface area contributed by atoms with Gasteiger partial charge in [-0.05, 0) is 55.3 Å². The van der Waals surface area contributed by atoms with Gasteiger partial charge in [-0.25, -0.2) is 4.79 Å². The standard InChI is InChI=1S/C17H16Cl2O4/c1-10-7-14(18)16(15(19)8-10)23-6-5-22-12-3-4-13(17(20)21)11(2)9-12/h3-4,7-9H,5-6H2,1-2H3,(H,20,21). The van der Waals surface area contributed by atoms with Crippen molar-refractivity contribution in [3.05, 3.63) is 57.1 Å². The molecule has 4 nitrogen and oxygen atoms in total. The van der Waals surface area contributed by atoms with Crippen molar-refractivity contribution < 1.29 is 19.4 Å². The van der Waals surface area contributed by atoms with Crippen LogP contribution in [0.1, 0.15) is 21.5 Å². The number of hydrogen-bond acceptors (Lipinski definition) is 3. The summed E-state index contributed by atoms with van der Waals surface area (Å²) in [6, 6.07) is 8.36. The highest BCUT2D eigenvalue weighted by atomic mass is 35.5. The highest BCUT2D eigenvalue weighted by Crippen LogP contribution is 2.33. The van der Waals surface area contributed by atoms with Crippen LogP contribution in [0.15, 0.2) is 30.3 Å². The summed E-state index contributed by atoms with van der Waals surface area (Å²) in [5.41, 5.74) is 1.85. The molecular formula is C17H16Cl2O4. The molecule has 0 atom stereocenters. The van der Waals surface area contributed by atoms with Crippen molar-refractivity contribution in [2.24, 2.45) is 0 Å². The summed E-state index contributed by atoms with van der Waals surface area (Å²) in [6.07, 6.45) is 0. The SMILES string of the molecule is Cc1cc(Cl)c(OCCOc2ccc(C(=O)O)c(C)c2)c(Cl)c1. The van der Waals surface area contributed by atoms with Gasteiger partial charge in [-0.3, -0.25) is 0 Å². The van der Waals surface area contributed by atoms with Crippen LogP contribution >= 0.6 is 23.2 Å². The van der Waals surface area contributed by atoms with Gasteiger partial charge in [0.15, 0.2) is 5.75 Å². The van der Waals surface area contributed by atoms with Crippen molar-refractivity contribution in [1.29, 1.82) is 0 Å². The maximum absolute atomic E-state index is 11.0. The normalized spacial score (nSPS) is 10.4. The van der Waals surface area contributed by atoms with E-state index in [0.29, 0.717) is 27.1 Å². The van der Waals surface area contributed by atoms with Crippen LogP contribution in [0, 0.1) is 13.8 Å². The molecule has 0 heterocycles. The van der Waals surface area contributed by atoms with E-state index < -0.39 is 5.97 Å². The lowest BCUT2D eigenvalue weighted by Crippen LogP contribution is -2.10. The van der Waals surface area contributed by atoms with Gasteiger partial charge in [-0.2, -0.15) is 0 Å². The third kappa shape index (κ3) is 4.53. The van der Waals surface area contributed by atoms with E-state index in [1.807, 2.05) is 6.92 Å². The van der Waals surface area contributed by atoms with Crippen LogP contribution in [0.3, 0.4) is 0 Å². The molecule has 2 aromatic carbocycles. The lowest BCUT2D eigenvalue weighted by Gasteiger charge is -2.12. The van der Waals surface area contributed by atoms with Crippen LogP contribution < -0.4 is 9.47 Å². The van der Waals surface area contributed by atoms with Crippen LogP contribution in [0.2, 0.25) is 10.0 Å². The Morgan fingerprint density at radius 3 is 2.22 bits per heavy atom. The third-order valence-electron chi connectivity index (χ3n) is 3.17. The molecule has 0 aliphatic carbocycles. The number of aromatic carboxylic acids is 1. The Morgan fingerprint density at radius 2 is 1.65 bits per heavy atom. The minimum atomic E-state index is -0.957. The van der Waals surface area contributed by atoms with Crippen LogP contribution in [0.25, 0.3) is 0 Å². The number of halogens is 2. The number of rotatable bonds is 6.